The van der Waals surface area contributed by atoms with Crippen LogP contribution >= 0.6 is 0 Å². The Labute approximate surface area is 86.7 Å². The summed E-state index contributed by atoms with van der Waals surface area (Å²) in [7, 11) is 0. The average Bonchev–Trinajstić information content (AvgIpc) is 1.97. The van der Waals surface area contributed by atoms with Gasteiger partial charge in [-0.2, -0.15) is 0 Å². The molecule has 0 aromatic heterocycles. The van der Waals surface area contributed by atoms with E-state index in [1.165, 1.54) is 0 Å². The van der Waals surface area contributed by atoms with Crippen LogP contribution in [0.25, 0.3) is 0 Å². The Kier molecular flexibility index (Phi) is 2.61. The van der Waals surface area contributed by atoms with Crippen LogP contribution in [0.5, 0.6) is 5.75 Å². The van der Waals surface area contributed by atoms with Crippen LogP contribution in [0.2, 0.25) is 0 Å². The van der Waals surface area contributed by atoms with E-state index in [4.69, 9.17) is 5.73 Å². The van der Waals surface area contributed by atoms with Crippen LogP contribution < -0.4 is 5.73 Å². The van der Waals surface area contributed by atoms with Crippen molar-refractivity contribution in [3.8, 4) is 5.75 Å². The molecule has 0 saturated heterocycles. The van der Waals surface area contributed by atoms with E-state index >= 15 is 0 Å². The van der Waals surface area contributed by atoms with Crippen LogP contribution in [-0.4, -0.2) is 5.11 Å². The largest absolute Gasteiger partial charge is 0.507 e. The summed E-state index contributed by atoms with van der Waals surface area (Å²) in [6.45, 7) is 0. The molecule has 15 heavy (non-hydrogen) atoms. The second-order valence-electron chi connectivity index (χ2n) is 4.04. The van der Waals surface area contributed by atoms with Crippen LogP contribution in [0.4, 0.5) is 8.78 Å². The number of nitrogens with two attached hydrogens (primary N) is 1. The molecule has 0 spiro atoms. The lowest BCUT2D eigenvalue weighted by molar-refractivity contribution is 0.255. The standard InChI is InChI=1S/C11H13F2NO/c12-7-4-8(13)10(9(15)5-7)11(14)6-2-1-3-6/h4-6,11,15H,1-3,14H2/t11-/m0/s1. The summed E-state index contributed by atoms with van der Waals surface area (Å²) in [4.78, 5) is 0. The summed E-state index contributed by atoms with van der Waals surface area (Å²) in [6, 6.07) is 1.13. The fourth-order valence-electron chi connectivity index (χ4n) is 1.94. The van der Waals surface area contributed by atoms with Crippen molar-refractivity contribution in [1.82, 2.24) is 0 Å². The van der Waals surface area contributed by atoms with Crippen LogP contribution in [0.1, 0.15) is 30.9 Å². The van der Waals surface area contributed by atoms with Gasteiger partial charge in [0.05, 0.1) is 0 Å². The molecule has 1 aliphatic carbocycles. The molecule has 1 aromatic carbocycles. The lowest BCUT2D eigenvalue weighted by atomic mass is 9.77. The van der Waals surface area contributed by atoms with Crippen molar-refractivity contribution in [2.75, 3.05) is 0 Å². The monoisotopic (exact) mass is 213 g/mol. The number of hydrogen-bond acceptors (Lipinski definition) is 2. The van der Waals surface area contributed by atoms with E-state index in [1.54, 1.807) is 0 Å². The fraction of sp³-hybridized carbons (Fsp3) is 0.455. The maximum Gasteiger partial charge on any atom is 0.134 e. The third-order valence-electron chi connectivity index (χ3n) is 3.06. The highest BCUT2D eigenvalue weighted by atomic mass is 19.1. The number of phenols is 1. The van der Waals surface area contributed by atoms with E-state index in [2.05, 4.69) is 0 Å². The highest BCUT2D eigenvalue weighted by Gasteiger charge is 2.29. The van der Waals surface area contributed by atoms with Crippen LogP contribution in [0, 0.1) is 17.6 Å². The van der Waals surface area contributed by atoms with Gasteiger partial charge < -0.3 is 10.8 Å². The molecule has 1 fully saturated rings. The molecule has 1 atom stereocenters. The lowest BCUT2D eigenvalue weighted by Gasteiger charge is -2.31. The molecule has 0 radical (unpaired) electrons. The first-order valence-electron chi connectivity index (χ1n) is 5.03. The first kappa shape index (κ1) is 10.4. The second-order valence-corrected chi connectivity index (χ2v) is 4.04. The smallest absolute Gasteiger partial charge is 0.134 e. The minimum Gasteiger partial charge on any atom is -0.507 e. The molecule has 2 rings (SSSR count). The molecule has 2 nitrogen and oxygen atoms in total. The number of rotatable bonds is 2. The Morgan fingerprint density at radius 3 is 2.47 bits per heavy atom. The van der Waals surface area contributed by atoms with Gasteiger partial charge in [-0.05, 0) is 18.8 Å². The number of hydrogen-bond donors (Lipinski definition) is 2. The second kappa shape index (κ2) is 3.77. The zero-order valence-electron chi connectivity index (χ0n) is 8.21. The highest BCUT2D eigenvalue weighted by molar-refractivity contribution is 5.37. The van der Waals surface area contributed by atoms with Gasteiger partial charge in [0.1, 0.15) is 17.4 Å². The Balaban J connectivity index is 2.33. The molecule has 4 heteroatoms. The predicted molar refractivity (Wildman–Crippen MR) is 52.3 cm³/mol. The molecule has 0 heterocycles. The quantitative estimate of drug-likeness (QED) is 0.792. The first-order chi connectivity index (χ1) is 7.09. The molecule has 0 amide bonds. The molecular weight excluding hydrogens is 200 g/mol. The van der Waals surface area contributed by atoms with Crippen LogP contribution in [0.15, 0.2) is 12.1 Å². The van der Waals surface area contributed by atoms with Crippen molar-refractivity contribution < 1.29 is 13.9 Å². The number of benzene rings is 1. The summed E-state index contributed by atoms with van der Waals surface area (Å²) in [5, 5.41) is 9.45. The maximum atomic E-state index is 13.4. The molecule has 1 saturated carbocycles. The first-order valence-corrected chi connectivity index (χ1v) is 5.03. The van der Waals surface area contributed by atoms with E-state index in [0.717, 1.165) is 31.4 Å². The molecule has 3 N–H and O–H groups in total. The third kappa shape index (κ3) is 1.81. The Morgan fingerprint density at radius 2 is 2.00 bits per heavy atom. The van der Waals surface area contributed by atoms with Crippen LogP contribution in [0.3, 0.4) is 0 Å². The summed E-state index contributed by atoms with van der Waals surface area (Å²) in [6.07, 6.45) is 2.97. The van der Waals surface area contributed by atoms with Gasteiger partial charge in [0.25, 0.3) is 0 Å². The van der Waals surface area contributed by atoms with E-state index in [0.29, 0.717) is 0 Å². The normalized spacial score (nSPS) is 18.6. The predicted octanol–water partition coefficient (Wildman–Crippen LogP) is 2.47. The molecule has 0 aliphatic heterocycles. The zero-order chi connectivity index (χ0) is 11.0. The summed E-state index contributed by atoms with van der Waals surface area (Å²) in [5.41, 5.74) is 5.87. The molecular formula is C11H13F2NO. The van der Waals surface area contributed by atoms with Crippen molar-refractivity contribution in [2.24, 2.45) is 11.7 Å². The fourth-order valence-corrected chi connectivity index (χ4v) is 1.94. The third-order valence-corrected chi connectivity index (χ3v) is 3.06. The molecule has 0 bridgehead atoms. The van der Waals surface area contributed by atoms with Gasteiger partial charge in [-0.15, -0.1) is 0 Å². The van der Waals surface area contributed by atoms with Crippen molar-refractivity contribution in [3.05, 3.63) is 29.3 Å². The van der Waals surface area contributed by atoms with E-state index in [-0.39, 0.29) is 17.2 Å². The minimum atomic E-state index is -0.783. The maximum absolute atomic E-state index is 13.4. The summed E-state index contributed by atoms with van der Waals surface area (Å²) < 4.78 is 26.1. The SMILES string of the molecule is N[C@H](c1c(O)cc(F)cc1F)C1CCC1. The van der Waals surface area contributed by atoms with Gasteiger partial charge in [-0.1, -0.05) is 6.42 Å². The van der Waals surface area contributed by atoms with Gasteiger partial charge >= 0.3 is 0 Å². The molecule has 0 unspecified atom stereocenters. The number of aromatic hydroxyl groups is 1. The van der Waals surface area contributed by atoms with Crippen LogP contribution in [-0.2, 0) is 0 Å². The topological polar surface area (TPSA) is 46.2 Å². The van der Waals surface area contributed by atoms with Crippen molar-refractivity contribution in [2.45, 2.75) is 25.3 Å². The number of halogens is 2. The number of phenolic OH excluding ortho intramolecular Hbond substituents is 1. The summed E-state index contributed by atoms with van der Waals surface area (Å²) >= 11 is 0. The van der Waals surface area contributed by atoms with E-state index in [9.17, 15) is 13.9 Å². The van der Waals surface area contributed by atoms with Gasteiger partial charge in [-0.3, -0.25) is 0 Å². The van der Waals surface area contributed by atoms with Gasteiger partial charge in [0.15, 0.2) is 0 Å². The van der Waals surface area contributed by atoms with E-state index in [1.807, 2.05) is 0 Å². The minimum absolute atomic E-state index is 0.0427. The Hall–Kier alpha value is -1.16. The Bertz CT molecular complexity index is 354. The zero-order valence-corrected chi connectivity index (χ0v) is 8.21. The van der Waals surface area contributed by atoms with E-state index < -0.39 is 17.7 Å². The van der Waals surface area contributed by atoms with Crippen molar-refractivity contribution in [3.63, 3.8) is 0 Å². The average molecular weight is 213 g/mol. The van der Waals surface area contributed by atoms with Crippen molar-refractivity contribution >= 4 is 0 Å². The Morgan fingerprint density at radius 1 is 1.33 bits per heavy atom. The van der Waals surface area contributed by atoms with Gasteiger partial charge in [0, 0.05) is 23.7 Å². The molecule has 1 aliphatic rings. The van der Waals surface area contributed by atoms with Gasteiger partial charge in [-0.25, -0.2) is 8.78 Å². The summed E-state index contributed by atoms with van der Waals surface area (Å²) in [5.74, 6) is -1.72. The molecule has 1 aromatic rings. The molecule has 82 valence electrons. The highest BCUT2D eigenvalue weighted by Crippen LogP contribution is 2.40. The van der Waals surface area contributed by atoms with Crippen molar-refractivity contribution in [1.29, 1.82) is 0 Å². The van der Waals surface area contributed by atoms with Gasteiger partial charge in [0.2, 0.25) is 0 Å². The lowest BCUT2D eigenvalue weighted by Crippen LogP contribution is -2.27.